The van der Waals surface area contributed by atoms with Crippen LogP contribution in [0.4, 0.5) is 29.3 Å². The predicted molar refractivity (Wildman–Crippen MR) is 90.0 cm³/mol. The highest BCUT2D eigenvalue weighted by Gasteiger charge is 2.31. The van der Waals surface area contributed by atoms with E-state index in [2.05, 4.69) is 20.7 Å². The first-order chi connectivity index (χ1) is 12.4. The van der Waals surface area contributed by atoms with E-state index in [4.69, 9.17) is 4.74 Å². The van der Waals surface area contributed by atoms with E-state index in [1.165, 1.54) is 17.3 Å². The number of hydrogen-bond donors (Lipinski definition) is 2. The Balaban J connectivity index is 2.24. The standard InChI is InChI=1S/C16H18F3N5O3/c1-15(2,3)27-14(26)23-11-5-4-10(16(17,18)19)6-12(11)22-13(25)7-24-9-20-8-21-24/h4-6,8-9H,7H2,1-3H3,(H,22,25)(H,23,26). The summed E-state index contributed by atoms with van der Waals surface area (Å²) in [5.41, 5.74) is -2.04. The Morgan fingerprint density at radius 1 is 1.15 bits per heavy atom. The third-order valence-corrected chi connectivity index (χ3v) is 3.03. The minimum atomic E-state index is -4.62. The number of aromatic nitrogens is 3. The van der Waals surface area contributed by atoms with E-state index in [9.17, 15) is 22.8 Å². The molecule has 0 radical (unpaired) electrons. The molecule has 1 heterocycles. The van der Waals surface area contributed by atoms with Gasteiger partial charge >= 0.3 is 12.3 Å². The zero-order chi connectivity index (χ0) is 20.2. The molecule has 0 saturated carbocycles. The van der Waals surface area contributed by atoms with Gasteiger partial charge in [-0.2, -0.15) is 18.3 Å². The molecule has 0 aliphatic heterocycles. The van der Waals surface area contributed by atoms with Crippen LogP contribution in [0.15, 0.2) is 30.9 Å². The third-order valence-electron chi connectivity index (χ3n) is 3.03. The van der Waals surface area contributed by atoms with Crippen molar-refractivity contribution in [2.75, 3.05) is 10.6 Å². The summed E-state index contributed by atoms with van der Waals surface area (Å²) in [6.07, 6.45) is -2.98. The number of hydrogen-bond acceptors (Lipinski definition) is 5. The van der Waals surface area contributed by atoms with Crippen LogP contribution in [-0.2, 0) is 22.3 Å². The van der Waals surface area contributed by atoms with Crippen molar-refractivity contribution >= 4 is 23.4 Å². The molecule has 2 N–H and O–H groups in total. The number of rotatable bonds is 4. The number of nitrogens with one attached hydrogen (secondary N) is 2. The Hall–Kier alpha value is -3.11. The molecule has 1 aromatic carbocycles. The molecule has 2 aromatic rings. The molecule has 27 heavy (non-hydrogen) atoms. The van der Waals surface area contributed by atoms with Gasteiger partial charge in [0.25, 0.3) is 0 Å². The molecule has 0 aliphatic carbocycles. The summed E-state index contributed by atoms with van der Waals surface area (Å²) in [4.78, 5) is 27.7. The molecular formula is C16H18F3N5O3. The number of amides is 2. The van der Waals surface area contributed by atoms with Gasteiger partial charge in [-0.25, -0.2) is 14.5 Å². The molecule has 0 aliphatic rings. The first kappa shape index (κ1) is 20.2. The van der Waals surface area contributed by atoms with Crippen LogP contribution in [0.1, 0.15) is 26.3 Å². The Bertz CT molecular complexity index is 814. The van der Waals surface area contributed by atoms with Crippen LogP contribution in [0.25, 0.3) is 0 Å². The molecule has 0 bridgehead atoms. The van der Waals surface area contributed by atoms with Gasteiger partial charge in [0, 0.05) is 0 Å². The van der Waals surface area contributed by atoms with E-state index in [-0.39, 0.29) is 17.9 Å². The number of nitrogens with zero attached hydrogens (tertiary/aromatic N) is 3. The van der Waals surface area contributed by atoms with Crippen LogP contribution in [0.3, 0.4) is 0 Å². The van der Waals surface area contributed by atoms with Crippen LogP contribution < -0.4 is 10.6 Å². The SMILES string of the molecule is CC(C)(C)OC(=O)Nc1ccc(C(F)(F)F)cc1NC(=O)Cn1cncn1. The van der Waals surface area contributed by atoms with Crippen molar-refractivity contribution < 1.29 is 27.5 Å². The maximum absolute atomic E-state index is 13.0. The largest absolute Gasteiger partial charge is 0.444 e. The number of benzene rings is 1. The minimum Gasteiger partial charge on any atom is -0.444 e. The summed E-state index contributed by atoms with van der Waals surface area (Å²) < 4.78 is 45.2. The van der Waals surface area contributed by atoms with Crippen molar-refractivity contribution in [1.82, 2.24) is 14.8 Å². The van der Waals surface area contributed by atoms with Gasteiger partial charge in [-0.1, -0.05) is 0 Å². The number of halogens is 3. The van der Waals surface area contributed by atoms with Crippen LogP contribution >= 0.6 is 0 Å². The lowest BCUT2D eigenvalue weighted by Gasteiger charge is -2.21. The van der Waals surface area contributed by atoms with Gasteiger partial charge in [0.1, 0.15) is 24.8 Å². The molecule has 146 valence electrons. The van der Waals surface area contributed by atoms with E-state index >= 15 is 0 Å². The average molecular weight is 385 g/mol. The molecule has 8 nitrogen and oxygen atoms in total. The first-order valence-electron chi connectivity index (χ1n) is 7.77. The van der Waals surface area contributed by atoms with Crippen molar-refractivity contribution in [3.8, 4) is 0 Å². The fourth-order valence-corrected chi connectivity index (χ4v) is 2.00. The zero-order valence-corrected chi connectivity index (χ0v) is 14.8. The molecule has 0 fully saturated rings. The molecule has 2 amide bonds. The second-order valence-corrected chi connectivity index (χ2v) is 6.53. The van der Waals surface area contributed by atoms with Crippen LogP contribution in [-0.4, -0.2) is 32.4 Å². The van der Waals surface area contributed by atoms with Gasteiger partial charge in [0.15, 0.2) is 0 Å². The van der Waals surface area contributed by atoms with Crippen molar-refractivity contribution in [1.29, 1.82) is 0 Å². The van der Waals surface area contributed by atoms with E-state index in [0.717, 1.165) is 18.2 Å². The number of carbonyl (C=O) groups excluding carboxylic acids is 2. The molecule has 0 spiro atoms. The van der Waals surface area contributed by atoms with Gasteiger partial charge in [0.2, 0.25) is 5.91 Å². The Labute approximate surface area is 152 Å². The maximum atomic E-state index is 13.0. The highest BCUT2D eigenvalue weighted by Crippen LogP contribution is 2.34. The molecule has 0 saturated heterocycles. The van der Waals surface area contributed by atoms with Gasteiger partial charge in [0.05, 0.1) is 16.9 Å². The second-order valence-electron chi connectivity index (χ2n) is 6.53. The van der Waals surface area contributed by atoms with E-state index in [0.29, 0.717) is 0 Å². The fraction of sp³-hybridized carbons (Fsp3) is 0.375. The van der Waals surface area contributed by atoms with Crippen molar-refractivity contribution in [2.24, 2.45) is 0 Å². The first-order valence-corrected chi connectivity index (χ1v) is 7.77. The van der Waals surface area contributed by atoms with Crippen LogP contribution in [0, 0.1) is 0 Å². The van der Waals surface area contributed by atoms with Crippen LogP contribution in [0.5, 0.6) is 0 Å². The Morgan fingerprint density at radius 3 is 2.41 bits per heavy atom. The molecule has 0 atom stereocenters. The van der Waals surface area contributed by atoms with Gasteiger partial charge in [-0.05, 0) is 39.0 Å². The molecule has 2 rings (SSSR count). The summed E-state index contributed by atoms with van der Waals surface area (Å²) >= 11 is 0. The highest BCUT2D eigenvalue weighted by atomic mass is 19.4. The van der Waals surface area contributed by atoms with Crippen molar-refractivity contribution in [2.45, 2.75) is 39.1 Å². The maximum Gasteiger partial charge on any atom is 0.416 e. The topological polar surface area (TPSA) is 98.1 Å². The van der Waals surface area contributed by atoms with E-state index in [1.54, 1.807) is 20.8 Å². The predicted octanol–water partition coefficient (Wildman–Crippen LogP) is 3.28. The van der Waals surface area contributed by atoms with E-state index < -0.39 is 29.3 Å². The highest BCUT2D eigenvalue weighted by molar-refractivity contribution is 5.97. The lowest BCUT2D eigenvalue weighted by Crippen LogP contribution is -2.28. The summed E-state index contributed by atoms with van der Waals surface area (Å²) in [6, 6.07) is 2.56. The molecule has 11 heteroatoms. The van der Waals surface area contributed by atoms with Crippen molar-refractivity contribution in [3.05, 3.63) is 36.4 Å². The number of alkyl halides is 3. The Kier molecular flexibility index (Phi) is 5.72. The summed E-state index contributed by atoms with van der Waals surface area (Å²) in [5.74, 6) is -0.646. The normalized spacial score (nSPS) is 11.8. The van der Waals surface area contributed by atoms with E-state index in [1.807, 2.05) is 0 Å². The lowest BCUT2D eigenvalue weighted by molar-refractivity contribution is -0.137. The number of ether oxygens (including phenoxy) is 1. The second kappa shape index (κ2) is 7.64. The molecular weight excluding hydrogens is 367 g/mol. The summed E-state index contributed by atoms with van der Waals surface area (Å²) in [7, 11) is 0. The molecule has 1 aromatic heterocycles. The fourth-order valence-electron chi connectivity index (χ4n) is 2.00. The van der Waals surface area contributed by atoms with Gasteiger partial charge in [-0.3, -0.25) is 10.1 Å². The Morgan fingerprint density at radius 2 is 1.85 bits per heavy atom. The van der Waals surface area contributed by atoms with Gasteiger partial charge < -0.3 is 10.1 Å². The summed E-state index contributed by atoms with van der Waals surface area (Å²) in [6.45, 7) is 4.66. The average Bonchev–Trinajstić information content (AvgIpc) is 2.98. The number of carbonyl (C=O) groups is 2. The minimum absolute atomic E-state index is 0.0378. The molecule has 0 unspecified atom stereocenters. The number of anilines is 2. The van der Waals surface area contributed by atoms with Gasteiger partial charge in [-0.15, -0.1) is 0 Å². The van der Waals surface area contributed by atoms with Crippen LogP contribution in [0.2, 0.25) is 0 Å². The zero-order valence-electron chi connectivity index (χ0n) is 14.8. The van der Waals surface area contributed by atoms with Crippen molar-refractivity contribution in [3.63, 3.8) is 0 Å². The smallest absolute Gasteiger partial charge is 0.416 e. The summed E-state index contributed by atoms with van der Waals surface area (Å²) in [5, 5.41) is 8.40. The quantitative estimate of drug-likeness (QED) is 0.842. The lowest BCUT2D eigenvalue weighted by atomic mass is 10.1. The third kappa shape index (κ3) is 6.28. The monoisotopic (exact) mass is 385 g/mol.